The molecular formula is C22H28IN5O. The van der Waals surface area contributed by atoms with Crippen molar-refractivity contribution >= 4 is 29.9 Å². The molecule has 0 saturated carbocycles. The van der Waals surface area contributed by atoms with Gasteiger partial charge in [-0.25, -0.2) is 4.98 Å². The summed E-state index contributed by atoms with van der Waals surface area (Å²) >= 11 is 0. The van der Waals surface area contributed by atoms with Crippen LogP contribution in [0.15, 0.2) is 65.8 Å². The topological polar surface area (TPSA) is 65.5 Å². The first-order valence-corrected chi connectivity index (χ1v) is 9.27. The van der Waals surface area contributed by atoms with Crippen molar-refractivity contribution in [1.29, 1.82) is 0 Å². The molecule has 0 aliphatic rings. The lowest BCUT2D eigenvalue weighted by Crippen LogP contribution is -2.38. The lowest BCUT2D eigenvalue weighted by molar-refractivity contribution is 0.185. The first-order chi connectivity index (χ1) is 13.7. The predicted molar refractivity (Wildman–Crippen MR) is 128 cm³/mol. The Labute approximate surface area is 189 Å². The molecule has 0 bridgehead atoms. The molecule has 7 heteroatoms. The Kier molecular flexibility index (Phi) is 9.14. The van der Waals surface area contributed by atoms with E-state index < -0.39 is 0 Å². The maximum atomic E-state index is 5.21. The quantitative estimate of drug-likeness (QED) is 0.289. The summed E-state index contributed by atoms with van der Waals surface area (Å²) in [7, 11) is 5.50. The van der Waals surface area contributed by atoms with E-state index in [1.54, 1.807) is 14.2 Å². The highest BCUT2D eigenvalue weighted by molar-refractivity contribution is 14.0. The van der Waals surface area contributed by atoms with Crippen molar-refractivity contribution in [2.45, 2.75) is 19.7 Å². The van der Waals surface area contributed by atoms with Crippen molar-refractivity contribution in [2.24, 2.45) is 4.99 Å². The highest BCUT2D eigenvalue weighted by Crippen LogP contribution is 2.16. The lowest BCUT2D eigenvalue weighted by atomic mass is 10.1. The third-order valence-electron chi connectivity index (χ3n) is 4.43. The van der Waals surface area contributed by atoms with Crippen molar-refractivity contribution in [2.75, 3.05) is 21.2 Å². The lowest BCUT2D eigenvalue weighted by Gasteiger charge is -2.21. The van der Waals surface area contributed by atoms with E-state index in [0.29, 0.717) is 19.7 Å². The molecule has 1 heterocycles. The molecule has 0 aliphatic heterocycles. The zero-order valence-corrected chi connectivity index (χ0v) is 19.4. The Morgan fingerprint density at radius 1 is 1.14 bits per heavy atom. The number of aromatic nitrogens is 2. The van der Waals surface area contributed by atoms with Crippen LogP contribution in [0, 0.1) is 0 Å². The second-order valence-corrected chi connectivity index (χ2v) is 6.62. The van der Waals surface area contributed by atoms with E-state index in [4.69, 9.17) is 4.74 Å². The van der Waals surface area contributed by atoms with Gasteiger partial charge in [-0.3, -0.25) is 4.99 Å². The first-order valence-electron chi connectivity index (χ1n) is 9.27. The monoisotopic (exact) mass is 505 g/mol. The fourth-order valence-corrected chi connectivity index (χ4v) is 3.07. The van der Waals surface area contributed by atoms with E-state index in [1.165, 1.54) is 5.56 Å². The number of rotatable bonds is 7. The molecule has 2 N–H and O–H groups in total. The van der Waals surface area contributed by atoms with Gasteiger partial charge >= 0.3 is 0 Å². The molecule has 0 radical (unpaired) electrons. The molecule has 0 amide bonds. The highest BCUT2D eigenvalue weighted by Gasteiger charge is 2.10. The summed E-state index contributed by atoms with van der Waals surface area (Å²) in [5.74, 6) is 1.71. The van der Waals surface area contributed by atoms with Crippen molar-refractivity contribution in [3.8, 4) is 11.3 Å². The maximum Gasteiger partial charge on any atom is 0.194 e. The summed E-state index contributed by atoms with van der Waals surface area (Å²) in [5.41, 5.74) is 4.49. The minimum atomic E-state index is 0. The molecule has 0 atom stereocenters. The van der Waals surface area contributed by atoms with Crippen molar-refractivity contribution < 1.29 is 4.74 Å². The number of halogens is 1. The van der Waals surface area contributed by atoms with E-state index in [1.807, 2.05) is 42.4 Å². The van der Waals surface area contributed by atoms with Crippen molar-refractivity contribution in [3.05, 3.63) is 77.7 Å². The van der Waals surface area contributed by atoms with Gasteiger partial charge in [0, 0.05) is 27.7 Å². The van der Waals surface area contributed by atoms with Gasteiger partial charge in [0.15, 0.2) is 5.96 Å². The number of benzene rings is 2. The van der Waals surface area contributed by atoms with Crippen LogP contribution in [0.25, 0.3) is 11.3 Å². The van der Waals surface area contributed by atoms with Gasteiger partial charge in [-0.15, -0.1) is 24.0 Å². The number of hydrogen-bond acceptors (Lipinski definition) is 3. The Hall–Kier alpha value is -2.39. The summed E-state index contributed by atoms with van der Waals surface area (Å²) in [6.45, 7) is 1.95. The van der Waals surface area contributed by atoms with Crippen LogP contribution in [-0.2, 0) is 24.4 Å². The highest BCUT2D eigenvalue weighted by atomic mass is 127. The number of aromatic amines is 1. The fraction of sp³-hybridized carbons (Fsp3) is 0.273. The van der Waals surface area contributed by atoms with Gasteiger partial charge in [0.25, 0.3) is 0 Å². The molecule has 6 nitrogen and oxygen atoms in total. The van der Waals surface area contributed by atoms with Crippen LogP contribution in [0.5, 0.6) is 0 Å². The van der Waals surface area contributed by atoms with E-state index in [9.17, 15) is 0 Å². The summed E-state index contributed by atoms with van der Waals surface area (Å²) in [4.78, 5) is 14.3. The predicted octanol–water partition coefficient (Wildman–Crippen LogP) is 4.05. The SMILES string of the molecule is CN=C(NCc1cccc(COC)c1)N(C)Cc1ncc(-c2ccccc2)[nH]1.I. The Bertz CT molecular complexity index is 910. The second-order valence-electron chi connectivity index (χ2n) is 6.62. The molecule has 1 aromatic heterocycles. The summed E-state index contributed by atoms with van der Waals surface area (Å²) in [6.07, 6.45) is 1.87. The molecular weight excluding hydrogens is 477 g/mol. The second kappa shape index (κ2) is 11.6. The Morgan fingerprint density at radius 3 is 2.62 bits per heavy atom. The van der Waals surface area contributed by atoms with E-state index >= 15 is 0 Å². The maximum absolute atomic E-state index is 5.21. The van der Waals surface area contributed by atoms with Crippen LogP contribution in [0.4, 0.5) is 0 Å². The van der Waals surface area contributed by atoms with Gasteiger partial charge in [-0.2, -0.15) is 0 Å². The molecule has 29 heavy (non-hydrogen) atoms. The molecule has 0 fully saturated rings. The number of hydrogen-bond donors (Lipinski definition) is 2. The van der Waals surface area contributed by atoms with Crippen LogP contribution < -0.4 is 5.32 Å². The van der Waals surface area contributed by atoms with Gasteiger partial charge in [0.1, 0.15) is 5.82 Å². The van der Waals surface area contributed by atoms with Crippen LogP contribution in [0.2, 0.25) is 0 Å². The zero-order chi connectivity index (χ0) is 19.8. The first kappa shape index (κ1) is 22.9. The number of guanidine groups is 1. The average Bonchev–Trinajstić information content (AvgIpc) is 3.18. The number of methoxy groups -OCH3 is 1. The van der Waals surface area contributed by atoms with Gasteiger partial charge in [0.05, 0.1) is 25.0 Å². The minimum absolute atomic E-state index is 0. The molecule has 0 saturated heterocycles. The molecule has 0 spiro atoms. The largest absolute Gasteiger partial charge is 0.380 e. The van der Waals surface area contributed by atoms with Crippen molar-refractivity contribution in [3.63, 3.8) is 0 Å². The fourth-order valence-electron chi connectivity index (χ4n) is 3.07. The number of H-pyrrole nitrogens is 1. The molecule has 2 aromatic carbocycles. The summed E-state index contributed by atoms with van der Waals surface area (Å²) < 4.78 is 5.21. The van der Waals surface area contributed by atoms with Crippen LogP contribution in [0.1, 0.15) is 17.0 Å². The number of imidazole rings is 1. The summed E-state index contributed by atoms with van der Waals surface area (Å²) in [6, 6.07) is 18.5. The molecule has 0 unspecified atom stereocenters. The van der Waals surface area contributed by atoms with Crippen LogP contribution in [-0.4, -0.2) is 42.0 Å². The standard InChI is InChI=1S/C22H27N5O.HI/c1-23-22(25-13-17-8-7-9-18(12-17)16-28-3)27(2)15-21-24-14-20(26-21)19-10-5-4-6-11-19;/h4-12,14H,13,15-16H2,1-3H3,(H,23,25)(H,24,26);1H. The van der Waals surface area contributed by atoms with Gasteiger partial charge in [-0.1, -0.05) is 54.6 Å². The normalized spacial score (nSPS) is 11.1. The molecule has 0 aliphatic carbocycles. The molecule has 3 aromatic rings. The van der Waals surface area contributed by atoms with E-state index in [-0.39, 0.29) is 24.0 Å². The smallest absolute Gasteiger partial charge is 0.194 e. The third-order valence-corrected chi connectivity index (χ3v) is 4.43. The number of aliphatic imine (C=N–C) groups is 1. The summed E-state index contributed by atoms with van der Waals surface area (Å²) in [5, 5.41) is 3.41. The zero-order valence-electron chi connectivity index (χ0n) is 17.1. The Morgan fingerprint density at radius 2 is 1.90 bits per heavy atom. The van der Waals surface area contributed by atoms with Gasteiger partial charge in [-0.05, 0) is 16.7 Å². The van der Waals surface area contributed by atoms with E-state index in [2.05, 4.69) is 50.6 Å². The average molecular weight is 505 g/mol. The molecule has 154 valence electrons. The van der Waals surface area contributed by atoms with Gasteiger partial charge in [0.2, 0.25) is 0 Å². The van der Waals surface area contributed by atoms with Crippen LogP contribution in [0.3, 0.4) is 0 Å². The molecule has 3 rings (SSSR count). The van der Waals surface area contributed by atoms with E-state index in [0.717, 1.165) is 28.6 Å². The van der Waals surface area contributed by atoms with Crippen molar-refractivity contribution in [1.82, 2.24) is 20.2 Å². The number of nitrogens with one attached hydrogen (secondary N) is 2. The third kappa shape index (κ3) is 6.57. The number of ether oxygens (including phenoxy) is 1. The number of nitrogens with zero attached hydrogens (tertiary/aromatic N) is 3. The Balaban J connectivity index is 0.00000300. The van der Waals surface area contributed by atoms with Gasteiger partial charge < -0.3 is 19.9 Å². The minimum Gasteiger partial charge on any atom is -0.380 e. The van der Waals surface area contributed by atoms with Crippen LogP contribution >= 0.6 is 24.0 Å².